The molecule has 1 unspecified atom stereocenters. The number of carboxylic acids is 1. The highest BCUT2D eigenvalue weighted by Gasteiger charge is 2.55. The smallest absolute Gasteiger partial charge is 0.327 e. The summed E-state index contributed by atoms with van der Waals surface area (Å²) in [6, 6.07) is 1.60. The topological polar surface area (TPSA) is 117 Å². The second-order valence-corrected chi connectivity index (χ2v) is 7.92. The average Bonchev–Trinajstić information content (AvgIpc) is 2.68. The van der Waals surface area contributed by atoms with Crippen molar-refractivity contribution in [2.45, 2.75) is 57.5 Å². The maximum absolute atomic E-state index is 12.9. The van der Waals surface area contributed by atoms with E-state index in [9.17, 15) is 19.5 Å². The van der Waals surface area contributed by atoms with Crippen LogP contribution >= 0.6 is 0 Å². The van der Waals surface area contributed by atoms with Crippen molar-refractivity contribution in [3.63, 3.8) is 0 Å². The number of nitrogens with zero attached hydrogens (tertiary/aromatic N) is 3. The molecule has 2 fully saturated rings. The van der Waals surface area contributed by atoms with E-state index < -0.39 is 29.9 Å². The Morgan fingerprint density at radius 2 is 2.04 bits per heavy atom. The van der Waals surface area contributed by atoms with E-state index in [1.165, 1.54) is 17.5 Å². The van der Waals surface area contributed by atoms with Crippen LogP contribution in [0, 0.1) is 11.8 Å². The zero-order chi connectivity index (χ0) is 20.4. The summed E-state index contributed by atoms with van der Waals surface area (Å²) in [5.74, 6) is -1.70. The number of nitrogens with two attached hydrogens (primary N) is 1. The Hall–Kier alpha value is -2.64. The van der Waals surface area contributed by atoms with Crippen molar-refractivity contribution in [2.75, 3.05) is 12.8 Å². The lowest BCUT2D eigenvalue weighted by atomic mass is 9.82. The lowest BCUT2D eigenvalue weighted by molar-refractivity contribution is -0.166. The van der Waals surface area contributed by atoms with Crippen LogP contribution in [0.3, 0.4) is 0 Å². The summed E-state index contributed by atoms with van der Waals surface area (Å²) < 4.78 is 0. The third-order valence-electron chi connectivity index (χ3n) is 6.22. The molecule has 8 heteroatoms. The lowest BCUT2D eigenvalue weighted by Crippen LogP contribution is -2.69. The Labute approximate surface area is 164 Å². The summed E-state index contributed by atoms with van der Waals surface area (Å²) in [6.45, 7) is 1.98. The summed E-state index contributed by atoms with van der Waals surface area (Å²) in [4.78, 5) is 43.7. The van der Waals surface area contributed by atoms with Gasteiger partial charge in [0.1, 0.15) is 5.82 Å². The number of nitrogen functional groups attached to an aromatic ring is 1. The van der Waals surface area contributed by atoms with Gasteiger partial charge in [-0.15, -0.1) is 0 Å². The van der Waals surface area contributed by atoms with Crippen LogP contribution < -0.4 is 5.73 Å². The number of aromatic nitrogens is 1. The molecule has 0 spiro atoms. The third kappa shape index (κ3) is 3.81. The fraction of sp³-hybridized carbons (Fsp3) is 0.600. The van der Waals surface area contributed by atoms with Crippen molar-refractivity contribution >= 4 is 23.7 Å². The number of carbonyl (C=O) groups is 3. The molecule has 2 heterocycles. The van der Waals surface area contributed by atoms with Gasteiger partial charge in [0, 0.05) is 19.3 Å². The number of amides is 3. The van der Waals surface area contributed by atoms with Gasteiger partial charge in [-0.25, -0.2) is 19.5 Å². The molecule has 0 bridgehead atoms. The fourth-order valence-corrected chi connectivity index (χ4v) is 4.40. The molecule has 0 radical (unpaired) electrons. The Morgan fingerprint density at radius 1 is 1.36 bits per heavy atom. The number of likely N-dealkylation sites (tertiary alicyclic amines) is 1. The number of imide groups is 1. The monoisotopic (exact) mass is 388 g/mol. The van der Waals surface area contributed by atoms with E-state index in [0.29, 0.717) is 11.7 Å². The van der Waals surface area contributed by atoms with Crippen molar-refractivity contribution in [1.29, 1.82) is 0 Å². The first kappa shape index (κ1) is 20.1. The van der Waals surface area contributed by atoms with E-state index in [0.717, 1.165) is 36.1 Å². The summed E-state index contributed by atoms with van der Waals surface area (Å²) in [6.07, 6.45) is 7.36. The molecule has 2 aliphatic rings. The average molecular weight is 388 g/mol. The van der Waals surface area contributed by atoms with Crippen LogP contribution in [0.4, 0.5) is 10.6 Å². The molecule has 28 heavy (non-hydrogen) atoms. The maximum Gasteiger partial charge on any atom is 0.327 e. The standard InChI is InChI=1S/C20H28N4O4/c1-12(14-6-4-3-5-7-14)23(2)20(28)24-17(19(26)27)15(18(24)25)10-13-8-9-22-16(21)11-13/h8-9,11-12,14-15,17H,3-7,10H2,1-2H3,(H2,21,22)(H,26,27)/t12?,15-,17+/m1/s1. The quantitative estimate of drug-likeness (QED) is 0.747. The minimum absolute atomic E-state index is 0.0332. The van der Waals surface area contributed by atoms with Gasteiger partial charge in [-0.2, -0.15) is 0 Å². The van der Waals surface area contributed by atoms with Gasteiger partial charge in [0.2, 0.25) is 5.91 Å². The normalized spacial score (nSPS) is 23.8. The van der Waals surface area contributed by atoms with E-state index in [4.69, 9.17) is 5.73 Å². The van der Waals surface area contributed by atoms with Gasteiger partial charge in [-0.05, 0) is 49.8 Å². The molecule has 1 aliphatic heterocycles. The van der Waals surface area contributed by atoms with E-state index in [-0.39, 0.29) is 12.5 Å². The van der Waals surface area contributed by atoms with Crippen LogP contribution in [0.25, 0.3) is 0 Å². The molecule has 152 valence electrons. The first-order chi connectivity index (χ1) is 13.3. The third-order valence-corrected chi connectivity index (χ3v) is 6.22. The molecule has 1 aromatic rings. The zero-order valence-electron chi connectivity index (χ0n) is 16.4. The molecule has 1 saturated heterocycles. The van der Waals surface area contributed by atoms with Gasteiger partial charge in [0.05, 0.1) is 5.92 Å². The SMILES string of the molecule is CC(C1CCCCC1)N(C)C(=O)N1C(=O)[C@H](Cc2ccnc(N)c2)[C@H]1C(=O)O. The molecule has 3 amide bonds. The Bertz CT molecular complexity index is 762. The summed E-state index contributed by atoms with van der Waals surface area (Å²) in [5, 5.41) is 9.64. The number of carbonyl (C=O) groups excluding carboxylic acids is 2. The summed E-state index contributed by atoms with van der Waals surface area (Å²) in [7, 11) is 1.66. The first-order valence-electron chi connectivity index (χ1n) is 9.84. The van der Waals surface area contributed by atoms with E-state index in [1.54, 1.807) is 19.2 Å². The second kappa shape index (κ2) is 8.16. The van der Waals surface area contributed by atoms with Gasteiger partial charge in [0.25, 0.3) is 0 Å². The number of pyridine rings is 1. The number of hydrogen-bond donors (Lipinski definition) is 2. The summed E-state index contributed by atoms with van der Waals surface area (Å²) >= 11 is 0. The highest BCUT2D eigenvalue weighted by Crippen LogP contribution is 2.34. The number of rotatable bonds is 5. The predicted octanol–water partition coefficient (Wildman–Crippen LogP) is 2.14. The van der Waals surface area contributed by atoms with Gasteiger partial charge in [0.15, 0.2) is 6.04 Å². The molecule has 8 nitrogen and oxygen atoms in total. The van der Waals surface area contributed by atoms with Crippen LogP contribution in [0.15, 0.2) is 18.3 Å². The van der Waals surface area contributed by atoms with Crippen LogP contribution in [-0.2, 0) is 16.0 Å². The van der Waals surface area contributed by atoms with Gasteiger partial charge in [-0.1, -0.05) is 19.3 Å². The largest absolute Gasteiger partial charge is 0.480 e. The van der Waals surface area contributed by atoms with E-state index in [1.807, 2.05) is 6.92 Å². The minimum atomic E-state index is -1.17. The summed E-state index contributed by atoms with van der Waals surface area (Å²) in [5.41, 5.74) is 6.39. The Morgan fingerprint density at radius 3 is 2.64 bits per heavy atom. The van der Waals surface area contributed by atoms with Crippen molar-refractivity contribution in [2.24, 2.45) is 11.8 Å². The lowest BCUT2D eigenvalue weighted by Gasteiger charge is -2.46. The highest BCUT2D eigenvalue weighted by atomic mass is 16.4. The van der Waals surface area contributed by atoms with Crippen LogP contribution in [0.2, 0.25) is 0 Å². The van der Waals surface area contributed by atoms with Crippen molar-refractivity contribution < 1.29 is 19.5 Å². The predicted molar refractivity (Wildman–Crippen MR) is 103 cm³/mol. The fourth-order valence-electron chi connectivity index (χ4n) is 4.40. The number of hydrogen-bond acceptors (Lipinski definition) is 5. The highest BCUT2D eigenvalue weighted by molar-refractivity contribution is 6.07. The molecular weight excluding hydrogens is 360 g/mol. The van der Waals surface area contributed by atoms with Crippen LogP contribution in [0.1, 0.15) is 44.6 Å². The number of carboxylic acid groups (broad SMARTS) is 1. The number of aliphatic carboxylic acids is 1. The van der Waals surface area contributed by atoms with Gasteiger partial charge >= 0.3 is 12.0 Å². The Kier molecular flexibility index (Phi) is 5.86. The van der Waals surface area contributed by atoms with Gasteiger partial charge < -0.3 is 15.7 Å². The van der Waals surface area contributed by atoms with E-state index in [2.05, 4.69) is 4.98 Å². The number of anilines is 1. The molecule has 0 aromatic carbocycles. The van der Waals surface area contributed by atoms with Gasteiger partial charge in [-0.3, -0.25) is 4.79 Å². The minimum Gasteiger partial charge on any atom is -0.480 e. The molecule has 3 N–H and O–H groups in total. The number of β-lactam (4-membered cyclic amide) rings is 1. The second-order valence-electron chi connectivity index (χ2n) is 7.92. The molecule has 3 rings (SSSR count). The molecular formula is C20H28N4O4. The van der Waals surface area contributed by atoms with E-state index >= 15 is 0 Å². The van der Waals surface area contributed by atoms with Crippen LogP contribution in [-0.4, -0.2) is 56.9 Å². The molecule has 1 aliphatic carbocycles. The molecule has 1 aromatic heterocycles. The molecule has 1 saturated carbocycles. The first-order valence-corrected chi connectivity index (χ1v) is 9.84. The van der Waals surface area contributed by atoms with Crippen molar-refractivity contribution in [3.8, 4) is 0 Å². The Balaban J connectivity index is 1.71. The van der Waals surface area contributed by atoms with Crippen molar-refractivity contribution in [3.05, 3.63) is 23.9 Å². The number of urea groups is 1. The zero-order valence-corrected chi connectivity index (χ0v) is 16.4. The van der Waals surface area contributed by atoms with Crippen molar-refractivity contribution in [1.82, 2.24) is 14.8 Å². The maximum atomic E-state index is 12.9. The van der Waals surface area contributed by atoms with Crippen LogP contribution in [0.5, 0.6) is 0 Å². The molecule has 3 atom stereocenters.